The van der Waals surface area contributed by atoms with Crippen LogP contribution in [0, 0.1) is 6.92 Å². The molecule has 1 aliphatic rings. The third-order valence-electron chi connectivity index (χ3n) is 5.70. The number of amides is 1. The molecule has 1 fully saturated rings. The maximum Gasteiger partial charge on any atom is 0.253 e. The third kappa shape index (κ3) is 4.69. The zero-order chi connectivity index (χ0) is 22.6. The normalized spacial score (nSPS) is 13.7. The average molecular weight is 440 g/mol. The molecule has 33 heavy (non-hydrogen) atoms. The molecule has 0 unspecified atom stereocenters. The minimum atomic E-state index is 0.0602. The summed E-state index contributed by atoms with van der Waals surface area (Å²) in [5.74, 6) is 2.26. The number of piperazine rings is 1. The Balaban J connectivity index is 1.17. The largest absolute Gasteiger partial charge is 0.352 e. The molecule has 1 amide bonds. The predicted molar refractivity (Wildman–Crippen MR) is 128 cm³/mol. The van der Waals surface area contributed by atoms with Gasteiger partial charge in [0.05, 0.1) is 0 Å². The Bertz CT molecular complexity index is 1210. The first-order valence-electron chi connectivity index (χ1n) is 11.0. The van der Waals surface area contributed by atoms with E-state index >= 15 is 0 Å². The topological polar surface area (TPSA) is 79.2 Å². The van der Waals surface area contributed by atoms with Crippen molar-refractivity contribution in [3.8, 4) is 5.69 Å². The number of nitrogens with one attached hydrogen (secondary N) is 1. The van der Waals surface area contributed by atoms with E-state index in [2.05, 4.69) is 25.4 Å². The van der Waals surface area contributed by atoms with Crippen molar-refractivity contribution < 1.29 is 4.79 Å². The number of aryl methyl sites for hydroxylation is 1. The van der Waals surface area contributed by atoms with E-state index in [0.29, 0.717) is 37.6 Å². The second-order valence-electron chi connectivity index (χ2n) is 7.98. The highest BCUT2D eigenvalue weighted by Crippen LogP contribution is 2.18. The van der Waals surface area contributed by atoms with Crippen molar-refractivity contribution in [1.82, 2.24) is 24.6 Å². The van der Waals surface area contributed by atoms with E-state index in [1.165, 1.54) is 0 Å². The van der Waals surface area contributed by atoms with E-state index in [1.54, 1.807) is 0 Å². The highest BCUT2D eigenvalue weighted by molar-refractivity contribution is 5.94. The number of carbonyl (C=O) groups excluding carboxylic acids is 1. The van der Waals surface area contributed by atoms with Crippen LogP contribution in [0.4, 0.5) is 17.5 Å². The van der Waals surface area contributed by atoms with Gasteiger partial charge in [-0.15, -0.1) is 10.2 Å². The molecule has 0 atom stereocenters. The highest BCUT2D eigenvalue weighted by Gasteiger charge is 2.23. The van der Waals surface area contributed by atoms with Gasteiger partial charge in [-0.3, -0.25) is 4.79 Å². The van der Waals surface area contributed by atoms with Crippen LogP contribution >= 0.6 is 0 Å². The Hall–Kier alpha value is -4.20. The molecule has 0 radical (unpaired) electrons. The lowest BCUT2D eigenvalue weighted by Crippen LogP contribution is -2.49. The van der Waals surface area contributed by atoms with Gasteiger partial charge in [-0.25, -0.2) is 4.98 Å². The molecule has 1 aromatic carbocycles. The molecule has 3 aromatic heterocycles. The first-order chi connectivity index (χ1) is 16.2. The standard InChI is InChI=1S/C25H25N7O/c1-19-5-4-6-22(26-19)27-23-11-12-24(29-28-23)31-15-17-32(18-16-31)25(33)20-7-9-21(10-8-20)30-13-2-3-14-30/h2-14H,15-18H2,1H3,(H,26,27,28). The fourth-order valence-electron chi connectivity index (χ4n) is 3.91. The molecule has 0 spiro atoms. The van der Waals surface area contributed by atoms with Crippen molar-refractivity contribution in [2.75, 3.05) is 36.4 Å². The number of benzene rings is 1. The SMILES string of the molecule is Cc1cccc(Nc2ccc(N3CCN(C(=O)c4ccc(-n5cccc5)cc4)CC3)nn2)n1. The van der Waals surface area contributed by atoms with E-state index in [4.69, 9.17) is 0 Å². The summed E-state index contributed by atoms with van der Waals surface area (Å²) >= 11 is 0. The molecule has 4 aromatic rings. The molecule has 0 bridgehead atoms. The van der Waals surface area contributed by atoms with Crippen LogP contribution in [0.3, 0.4) is 0 Å². The Labute approximate surface area is 192 Å². The fraction of sp³-hybridized carbons (Fsp3) is 0.200. The molecule has 0 aliphatic carbocycles. The number of hydrogen-bond donors (Lipinski definition) is 1. The van der Waals surface area contributed by atoms with Gasteiger partial charge in [0.25, 0.3) is 5.91 Å². The van der Waals surface area contributed by atoms with Gasteiger partial charge in [0.15, 0.2) is 11.6 Å². The number of carbonyl (C=O) groups is 1. The lowest BCUT2D eigenvalue weighted by atomic mass is 10.1. The predicted octanol–water partition coefficient (Wildman–Crippen LogP) is 3.68. The second-order valence-corrected chi connectivity index (χ2v) is 7.98. The molecule has 1 aliphatic heterocycles. The molecular formula is C25H25N7O. The smallest absolute Gasteiger partial charge is 0.253 e. The second kappa shape index (κ2) is 9.12. The fourth-order valence-corrected chi connectivity index (χ4v) is 3.91. The maximum absolute atomic E-state index is 12.9. The molecule has 1 N–H and O–H groups in total. The Morgan fingerprint density at radius 2 is 1.58 bits per heavy atom. The number of pyridine rings is 1. The van der Waals surface area contributed by atoms with Gasteiger partial charge in [-0.05, 0) is 67.6 Å². The van der Waals surface area contributed by atoms with Crippen molar-refractivity contribution in [1.29, 1.82) is 0 Å². The molecule has 4 heterocycles. The lowest BCUT2D eigenvalue weighted by molar-refractivity contribution is 0.0746. The summed E-state index contributed by atoms with van der Waals surface area (Å²) in [7, 11) is 0. The van der Waals surface area contributed by atoms with Crippen molar-refractivity contribution in [3.63, 3.8) is 0 Å². The number of rotatable bonds is 5. The summed E-state index contributed by atoms with van der Waals surface area (Å²) < 4.78 is 2.02. The quantitative estimate of drug-likeness (QED) is 0.511. The minimum Gasteiger partial charge on any atom is -0.352 e. The van der Waals surface area contributed by atoms with E-state index in [0.717, 1.165) is 23.0 Å². The van der Waals surface area contributed by atoms with Crippen LogP contribution in [-0.2, 0) is 0 Å². The van der Waals surface area contributed by atoms with Gasteiger partial charge in [0, 0.05) is 55.5 Å². The minimum absolute atomic E-state index is 0.0602. The third-order valence-corrected chi connectivity index (χ3v) is 5.70. The van der Waals surface area contributed by atoms with Crippen LogP contribution in [-0.4, -0.2) is 56.7 Å². The Morgan fingerprint density at radius 3 is 2.24 bits per heavy atom. The molecule has 1 saturated heterocycles. The van der Waals surface area contributed by atoms with Crippen LogP contribution in [0.1, 0.15) is 16.1 Å². The van der Waals surface area contributed by atoms with Gasteiger partial charge in [-0.2, -0.15) is 0 Å². The summed E-state index contributed by atoms with van der Waals surface area (Å²) in [6.07, 6.45) is 3.97. The van der Waals surface area contributed by atoms with Gasteiger partial charge in [0.1, 0.15) is 5.82 Å². The molecule has 8 heteroatoms. The van der Waals surface area contributed by atoms with E-state index in [-0.39, 0.29) is 5.91 Å². The van der Waals surface area contributed by atoms with E-state index in [1.807, 2.05) is 95.5 Å². The van der Waals surface area contributed by atoms with Crippen LogP contribution in [0.15, 0.2) is 79.1 Å². The van der Waals surface area contributed by atoms with Crippen molar-refractivity contribution in [3.05, 3.63) is 90.4 Å². The number of aromatic nitrogens is 4. The van der Waals surface area contributed by atoms with Crippen molar-refractivity contribution in [2.45, 2.75) is 6.92 Å². The van der Waals surface area contributed by atoms with Crippen LogP contribution in [0.25, 0.3) is 5.69 Å². The molecule has 8 nitrogen and oxygen atoms in total. The van der Waals surface area contributed by atoms with Gasteiger partial charge >= 0.3 is 0 Å². The summed E-state index contributed by atoms with van der Waals surface area (Å²) in [6.45, 7) is 4.67. The monoisotopic (exact) mass is 439 g/mol. The lowest BCUT2D eigenvalue weighted by Gasteiger charge is -2.35. The summed E-state index contributed by atoms with van der Waals surface area (Å²) in [5.41, 5.74) is 2.68. The molecule has 0 saturated carbocycles. The van der Waals surface area contributed by atoms with E-state index < -0.39 is 0 Å². The Kier molecular flexibility index (Phi) is 5.72. The number of anilines is 3. The van der Waals surface area contributed by atoms with Gasteiger partial charge in [0.2, 0.25) is 0 Å². The van der Waals surface area contributed by atoms with Crippen molar-refractivity contribution >= 4 is 23.4 Å². The molecule has 166 valence electrons. The maximum atomic E-state index is 12.9. The van der Waals surface area contributed by atoms with Crippen LogP contribution < -0.4 is 10.2 Å². The number of nitrogens with zero attached hydrogens (tertiary/aromatic N) is 6. The van der Waals surface area contributed by atoms with E-state index in [9.17, 15) is 4.79 Å². The summed E-state index contributed by atoms with van der Waals surface area (Å²) in [6, 6.07) is 21.3. The van der Waals surface area contributed by atoms with Gasteiger partial charge in [-0.1, -0.05) is 6.07 Å². The van der Waals surface area contributed by atoms with Crippen LogP contribution in [0.5, 0.6) is 0 Å². The first kappa shape index (κ1) is 20.7. The molecular weight excluding hydrogens is 414 g/mol. The zero-order valence-corrected chi connectivity index (χ0v) is 18.4. The Morgan fingerprint density at radius 1 is 0.818 bits per heavy atom. The summed E-state index contributed by atoms with van der Waals surface area (Å²) in [4.78, 5) is 21.4. The average Bonchev–Trinajstić information content (AvgIpc) is 3.40. The first-order valence-corrected chi connectivity index (χ1v) is 11.0. The van der Waals surface area contributed by atoms with Crippen molar-refractivity contribution in [2.24, 2.45) is 0 Å². The number of hydrogen-bond acceptors (Lipinski definition) is 6. The molecule has 5 rings (SSSR count). The zero-order valence-electron chi connectivity index (χ0n) is 18.4. The highest BCUT2D eigenvalue weighted by atomic mass is 16.2. The van der Waals surface area contributed by atoms with Crippen LogP contribution in [0.2, 0.25) is 0 Å². The van der Waals surface area contributed by atoms with Gasteiger partial charge < -0.3 is 19.7 Å². The summed E-state index contributed by atoms with van der Waals surface area (Å²) in [5, 5.41) is 11.8.